The number of aliphatic imine (C=N–C) groups is 1. The van der Waals surface area contributed by atoms with Crippen LogP contribution in [0.15, 0.2) is 41.9 Å². The van der Waals surface area contributed by atoms with Gasteiger partial charge in [-0.2, -0.15) is 5.10 Å². The van der Waals surface area contributed by atoms with E-state index in [9.17, 15) is 0 Å². The first kappa shape index (κ1) is 19.8. The van der Waals surface area contributed by atoms with Crippen molar-refractivity contribution in [2.75, 3.05) is 6.61 Å². The summed E-state index contributed by atoms with van der Waals surface area (Å²) < 4.78 is 9.47. The summed E-state index contributed by atoms with van der Waals surface area (Å²) in [4.78, 5) is 18.2. The van der Waals surface area contributed by atoms with E-state index in [1.165, 1.54) is 0 Å². The van der Waals surface area contributed by atoms with Gasteiger partial charge in [0, 0.05) is 19.4 Å². The maximum atomic E-state index is 5.72. The average Bonchev–Trinajstić information content (AvgIpc) is 3.30. The highest BCUT2D eigenvalue weighted by atomic mass is 16.5. The second-order valence-corrected chi connectivity index (χ2v) is 7.39. The molecular weight excluding hydrogens is 378 g/mol. The number of rotatable bonds is 6. The van der Waals surface area contributed by atoms with Gasteiger partial charge in [-0.05, 0) is 38.0 Å². The summed E-state index contributed by atoms with van der Waals surface area (Å²) in [7, 11) is 1.93. The number of ether oxygens (including phenoxy) is 1. The largest absolute Gasteiger partial charge is 0.477 e. The highest BCUT2D eigenvalue weighted by molar-refractivity contribution is 5.85. The molecule has 0 spiro atoms. The van der Waals surface area contributed by atoms with Gasteiger partial charge in [-0.25, -0.2) is 19.5 Å². The molecule has 0 unspecified atom stereocenters. The normalized spacial score (nSPS) is 11.8. The second-order valence-electron chi connectivity index (χ2n) is 7.39. The molecule has 8 heteroatoms. The van der Waals surface area contributed by atoms with Crippen molar-refractivity contribution in [2.45, 2.75) is 33.6 Å². The molecule has 0 aliphatic carbocycles. The van der Waals surface area contributed by atoms with Crippen molar-refractivity contribution < 1.29 is 4.74 Å². The van der Waals surface area contributed by atoms with Crippen LogP contribution < -0.4 is 4.74 Å². The molecule has 154 valence electrons. The molecule has 4 aromatic heterocycles. The first-order chi connectivity index (χ1) is 14.5. The van der Waals surface area contributed by atoms with Gasteiger partial charge in [0.1, 0.15) is 11.3 Å². The molecule has 0 saturated carbocycles. The van der Waals surface area contributed by atoms with Crippen molar-refractivity contribution in [2.24, 2.45) is 12.0 Å². The predicted octanol–water partition coefficient (Wildman–Crippen LogP) is 4.11. The minimum atomic E-state index is 0.238. The van der Waals surface area contributed by atoms with E-state index in [1.807, 2.05) is 54.4 Å². The Kier molecular flexibility index (Phi) is 5.31. The molecule has 30 heavy (non-hydrogen) atoms. The molecule has 0 amide bonds. The van der Waals surface area contributed by atoms with E-state index in [0.29, 0.717) is 12.5 Å². The smallest absolute Gasteiger partial charge is 0.222 e. The average molecular weight is 403 g/mol. The Hall–Kier alpha value is -3.55. The predicted molar refractivity (Wildman–Crippen MR) is 117 cm³/mol. The number of aryl methyl sites for hydroxylation is 2. The minimum absolute atomic E-state index is 0.238. The Morgan fingerprint density at radius 2 is 2.10 bits per heavy atom. The molecule has 4 heterocycles. The number of hydrogen-bond donors (Lipinski definition) is 0. The highest BCUT2D eigenvalue weighted by Crippen LogP contribution is 2.34. The van der Waals surface area contributed by atoms with E-state index >= 15 is 0 Å². The maximum Gasteiger partial charge on any atom is 0.222 e. The quantitative estimate of drug-likeness (QED) is 0.453. The van der Waals surface area contributed by atoms with Crippen LogP contribution in [0.3, 0.4) is 0 Å². The van der Waals surface area contributed by atoms with Crippen LogP contribution in [-0.2, 0) is 7.05 Å². The molecule has 0 atom stereocenters. The lowest BCUT2D eigenvalue weighted by Crippen LogP contribution is -2.01. The standard InChI is InChI=1S/C22H25N7O/c1-6-30-22-17(8-7-9-23-22)18-10-19(24-11-16-12-28(5)13-25-16)21-20(14(2)3)26-15(4)29(21)27-18/h7-14H,6H2,1-5H3/b24-11-. The zero-order valence-electron chi connectivity index (χ0n) is 17.9. The number of aromatic nitrogens is 6. The van der Waals surface area contributed by atoms with E-state index in [0.717, 1.165) is 39.7 Å². The van der Waals surface area contributed by atoms with E-state index in [2.05, 4.69) is 23.8 Å². The summed E-state index contributed by atoms with van der Waals surface area (Å²) in [6, 6.07) is 5.79. The fourth-order valence-electron chi connectivity index (χ4n) is 3.35. The molecule has 0 aliphatic heterocycles. The molecular formula is C22H25N7O. The molecule has 0 aliphatic rings. The molecule has 0 bridgehead atoms. The Labute approximate surface area is 175 Å². The summed E-state index contributed by atoms with van der Waals surface area (Å²) in [5.74, 6) is 1.60. The number of imidazole rings is 2. The van der Waals surface area contributed by atoms with Gasteiger partial charge in [-0.15, -0.1) is 0 Å². The molecule has 0 N–H and O–H groups in total. The van der Waals surface area contributed by atoms with Crippen LogP contribution in [0.5, 0.6) is 5.88 Å². The fourth-order valence-corrected chi connectivity index (χ4v) is 3.35. The Bertz CT molecular complexity index is 1220. The molecule has 0 fully saturated rings. The van der Waals surface area contributed by atoms with Crippen molar-refractivity contribution >= 4 is 17.4 Å². The van der Waals surface area contributed by atoms with Gasteiger partial charge in [0.25, 0.3) is 0 Å². The van der Waals surface area contributed by atoms with Crippen molar-refractivity contribution in [3.63, 3.8) is 0 Å². The van der Waals surface area contributed by atoms with Gasteiger partial charge in [0.15, 0.2) is 0 Å². The molecule has 4 rings (SSSR count). The summed E-state index contributed by atoms with van der Waals surface area (Å²) in [6.07, 6.45) is 7.15. The van der Waals surface area contributed by atoms with Gasteiger partial charge in [-0.1, -0.05) is 13.8 Å². The van der Waals surface area contributed by atoms with E-state index < -0.39 is 0 Å². The molecule has 0 radical (unpaired) electrons. The van der Waals surface area contributed by atoms with Crippen molar-refractivity contribution in [1.29, 1.82) is 0 Å². The number of pyridine rings is 1. The van der Waals surface area contributed by atoms with Gasteiger partial charge in [-0.3, -0.25) is 4.99 Å². The van der Waals surface area contributed by atoms with Crippen LogP contribution in [0.25, 0.3) is 16.8 Å². The monoisotopic (exact) mass is 403 g/mol. The zero-order chi connectivity index (χ0) is 21.3. The van der Waals surface area contributed by atoms with Gasteiger partial charge < -0.3 is 9.30 Å². The Balaban J connectivity index is 1.94. The lowest BCUT2D eigenvalue weighted by Gasteiger charge is -2.11. The third-order valence-corrected chi connectivity index (χ3v) is 4.70. The molecule has 8 nitrogen and oxygen atoms in total. The Morgan fingerprint density at radius 3 is 2.80 bits per heavy atom. The number of hydrogen-bond acceptors (Lipinski definition) is 6. The summed E-state index contributed by atoms with van der Waals surface area (Å²) in [5, 5.41) is 4.85. The van der Waals surface area contributed by atoms with Crippen LogP contribution in [0.1, 0.15) is 43.9 Å². The number of fused-ring (bicyclic) bond motifs is 1. The van der Waals surface area contributed by atoms with E-state index in [1.54, 1.807) is 18.7 Å². The van der Waals surface area contributed by atoms with Gasteiger partial charge in [0.05, 0.1) is 47.5 Å². The first-order valence-corrected chi connectivity index (χ1v) is 9.98. The van der Waals surface area contributed by atoms with Crippen LogP contribution in [0.2, 0.25) is 0 Å². The summed E-state index contributed by atoms with van der Waals surface area (Å²) in [6.45, 7) is 8.66. The number of nitrogens with zero attached hydrogens (tertiary/aromatic N) is 7. The maximum absolute atomic E-state index is 5.72. The summed E-state index contributed by atoms with van der Waals surface area (Å²) >= 11 is 0. The molecule has 0 saturated heterocycles. The minimum Gasteiger partial charge on any atom is -0.477 e. The summed E-state index contributed by atoms with van der Waals surface area (Å²) in [5.41, 5.74) is 4.97. The van der Waals surface area contributed by atoms with Crippen LogP contribution in [0.4, 0.5) is 5.69 Å². The van der Waals surface area contributed by atoms with E-state index in [-0.39, 0.29) is 5.92 Å². The lowest BCUT2D eigenvalue weighted by atomic mass is 10.1. The SMILES string of the molecule is CCOc1ncccc1-c1cc(/N=C\c2cn(C)cn2)c2c(C(C)C)nc(C)n2n1. The van der Waals surface area contributed by atoms with Crippen LogP contribution >= 0.6 is 0 Å². The van der Waals surface area contributed by atoms with Crippen molar-refractivity contribution in [1.82, 2.24) is 29.1 Å². The van der Waals surface area contributed by atoms with Crippen LogP contribution in [0, 0.1) is 6.92 Å². The van der Waals surface area contributed by atoms with E-state index in [4.69, 9.17) is 19.8 Å². The van der Waals surface area contributed by atoms with Gasteiger partial charge in [0.2, 0.25) is 5.88 Å². The third-order valence-electron chi connectivity index (χ3n) is 4.70. The molecule has 4 aromatic rings. The second kappa shape index (κ2) is 8.06. The molecule has 0 aromatic carbocycles. The lowest BCUT2D eigenvalue weighted by molar-refractivity contribution is 0.328. The van der Waals surface area contributed by atoms with Crippen molar-refractivity contribution in [3.8, 4) is 17.1 Å². The Morgan fingerprint density at radius 1 is 1.27 bits per heavy atom. The van der Waals surface area contributed by atoms with Crippen LogP contribution in [-0.4, -0.2) is 42.0 Å². The zero-order valence-corrected chi connectivity index (χ0v) is 17.9. The van der Waals surface area contributed by atoms with Gasteiger partial charge >= 0.3 is 0 Å². The highest BCUT2D eigenvalue weighted by Gasteiger charge is 2.19. The first-order valence-electron chi connectivity index (χ1n) is 9.98. The third kappa shape index (κ3) is 3.68. The fraction of sp³-hybridized carbons (Fsp3) is 0.318. The van der Waals surface area contributed by atoms with Crippen molar-refractivity contribution in [3.05, 3.63) is 54.1 Å². The topological polar surface area (TPSA) is 82.5 Å².